The highest BCUT2D eigenvalue weighted by Gasteiger charge is 2.36. The molecule has 0 N–H and O–H groups in total. The van der Waals surface area contributed by atoms with Gasteiger partial charge in [0.25, 0.3) is 0 Å². The Hall–Kier alpha value is -3.46. The zero-order chi connectivity index (χ0) is 20.0. The molecular formula is C26H18F2O. The normalized spacial score (nSPS) is 18.1. The third-order valence-corrected chi connectivity index (χ3v) is 5.62. The van der Waals surface area contributed by atoms with Gasteiger partial charge in [-0.3, -0.25) is 0 Å². The number of ether oxygens (including phenoxy) is 1. The molecule has 4 aromatic rings. The summed E-state index contributed by atoms with van der Waals surface area (Å²) in [7, 11) is 0. The van der Waals surface area contributed by atoms with Crippen LogP contribution < -0.4 is 4.74 Å². The standard InChI is InChI=1S/C26H18F2O/c1-26(19-9-13-21(28)14-10-19)16-24(18-6-11-20(27)12-7-18)29-23-15-8-17-4-2-3-5-22(17)25(23)26/h2-16H,1H3. The lowest BCUT2D eigenvalue weighted by atomic mass is 9.72. The van der Waals surface area contributed by atoms with E-state index >= 15 is 0 Å². The number of fused-ring (bicyclic) bond motifs is 3. The van der Waals surface area contributed by atoms with E-state index in [1.807, 2.05) is 42.5 Å². The van der Waals surface area contributed by atoms with Gasteiger partial charge < -0.3 is 4.74 Å². The quantitative estimate of drug-likeness (QED) is 0.367. The predicted octanol–water partition coefficient (Wildman–Crippen LogP) is 6.86. The number of rotatable bonds is 2. The average molecular weight is 384 g/mol. The van der Waals surface area contributed by atoms with Crippen LogP contribution in [0.15, 0.2) is 91.0 Å². The second-order valence-electron chi connectivity index (χ2n) is 7.49. The van der Waals surface area contributed by atoms with Crippen molar-refractivity contribution >= 4 is 16.5 Å². The van der Waals surface area contributed by atoms with Gasteiger partial charge in [-0.25, -0.2) is 8.78 Å². The zero-order valence-electron chi connectivity index (χ0n) is 15.8. The van der Waals surface area contributed by atoms with Crippen molar-refractivity contribution in [2.45, 2.75) is 12.3 Å². The van der Waals surface area contributed by atoms with Crippen molar-refractivity contribution in [3.05, 3.63) is 119 Å². The number of halogens is 2. The van der Waals surface area contributed by atoms with Crippen molar-refractivity contribution in [3.8, 4) is 5.75 Å². The molecule has 142 valence electrons. The van der Waals surface area contributed by atoms with Gasteiger partial charge in [0.1, 0.15) is 23.1 Å². The molecule has 0 fully saturated rings. The second-order valence-corrected chi connectivity index (χ2v) is 7.49. The minimum absolute atomic E-state index is 0.273. The van der Waals surface area contributed by atoms with Crippen molar-refractivity contribution in [2.24, 2.45) is 0 Å². The molecule has 29 heavy (non-hydrogen) atoms. The SMILES string of the molecule is CC1(c2ccc(F)cc2)C=C(c2ccc(F)cc2)Oc2ccc3ccccc3c21. The van der Waals surface area contributed by atoms with Crippen molar-refractivity contribution in [3.63, 3.8) is 0 Å². The predicted molar refractivity (Wildman–Crippen MR) is 112 cm³/mol. The smallest absolute Gasteiger partial charge is 0.132 e. The van der Waals surface area contributed by atoms with Crippen LogP contribution in [0, 0.1) is 11.6 Å². The summed E-state index contributed by atoms with van der Waals surface area (Å²) in [5.41, 5.74) is 2.23. The van der Waals surface area contributed by atoms with Crippen LogP contribution in [0.1, 0.15) is 23.6 Å². The molecule has 1 heterocycles. The Kier molecular flexibility index (Phi) is 3.99. The zero-order valence-corrected chi connectivity index (χ0v) is 15.8. The number of hydrogen-bond donors (Lipinski definition) is 0. The van der Waals surface area contributed by atoms with Crippen LogP contribution in [0.25, 0.3) is 16.5 Å². The molecule has 1 aliphatic heterocycles. The first-order valence-electron chi connectivity index (χ1n) is 9.49. The highest BCUT2D eigenvalue weighted by atomic mass is 19.1. The lowest BCUT2D eigenvalue weighted by Crippen LogP contribution is -2.26. The maximum atomic E-state index is 13.6. The van der Waals surface area contributed by atoms with E-state index in [-0.39, 0.29) is 11.6 Å². The molecule has 4 aromatic carbocycles. The summed E-state index contributed by atoms with van der Waals surface area (Å²) in [4.78, 5) is 0. The van der Waals surface area contributed by atoms with Crippen molar-refractivity contribution in [1.82, 2.24) is 0 Å². The molecule has 0 amide bonds. The monoisotopic (exact) mass is 384 g/mol. The molecule has 0 aliphatic carbocycles. The third-order valence-electron chi connectivity index (χ3n) is 5.62. The van der Waals surface area contributed by atoms with Crippen LogP contribution in [0.3, 0.4) is 0 Å². The molecule has 0 saturated heterocycles. The first-order chi connectivity index (χ1) is 14.0. The summed E-state index contributed by atoms with van der Waals surface area (Å²) in [5, 5.41) is 2.20. The molecule has 1 unspecified atom stereocenters. The van der Waals surface area contributed by atoms with Gasteiger partial charge in [-0.1, -0.05) is 42.5 Å². The Morgan fingerprint density at radius 2 is 1.38 bits per heavy atom. The molecule has 5 rings (SSSR count). The number of benzene rings is 4. The second kappa shape index (κ2) is 6.56. The van der Waals surface area contributed by atoms with Gasteiger partial charge in [0.2, 0.25) is 0 Å². The molecule has 0 radical (unpaired) electrons. The summed E-state index contributed by atoms with van der Waals surface area (Å²) in [6.45, 7) is 2.11. The summed E-state index contributed by atoms with van der Waals surface area (Å²) in [6, 6.07) is 25.0. The first kappa shape index (κ1) is 17.6. The Morgan fingerprint density at radius 3 is 2.10 bits per heavy atom. The molecule has 0 spiro atoms. The molecule has 0 bridgehead atoms. The van der Waals surface area contributed by atoms with E-state index in [2.05, 4.69) is 19.1 Å². The van der Waals surface area contributed by atoms with E-state index in [1.54, 1.807) is 12.1 Å². The topological polar surface area (TPSA) is 9.23 Å². The van der Waals surface area contributed by atoms with Gasteiger partial charge >= 0.3 is 0 Å². The number of hydrogen-bond acceptors (Lipinski definition) is 1. The van der Waals surface area contributed by atoms with Crippen molar-refractivity contribution in [2.75, 3.05) is 0 Å². The van der Waals surface area contributed by atoms with E-state index < -0.39 is 5.41 Å². The first-order valence-corrected chi connectivity index (χ1v) is 9.49. The summed E-state index contributed by atoms with van der Waals surface area (Å²) in [5.74, 6) is 0.833. The lowest BCUT2D eigenvalue weighted by Gasteiger charge is -2.35. The Bertz CT molecular complexity index is 1240. The van der Waals surface area contributed by atoms with E-state index in [0.29, 0.717) is 5.76 Å². The van der Waals surface area contributed by atoms with Gasteiger partial charge in [-0.15, -0.1) is 0 Å². The average Bonchev–Trinajstić information content (AvgIpc) is 2.74. The van der Waals surface area contributed by atoms with E-state index in [9.17, 15) is 8.78 Å². The largest absolute Gasteiger partial charge is 0.457 e. The molecule has 3 heteroatoms. The molecule has 1 nitrogen and oxygen atoms in total. The molecule has 0 aromatic heterocycles. The Morgan fingerprint density at radius 1 is 0.724 bits per heavy atom. The van der Waals surface area contributed by atoms with Crippen LogP contribution in [-0.2, 0) is 5.41 Å². The molecule has 0 saturated carbocycles. The van der Waals surface area contributed by atoms with E-state index in [0.717, 1.165) is 33.2 Å². The maximum absolute atomic E-state index is 13.6. The van der Waals surface area contributed by atoms with Gasteiger partial charge in [0.05, 0.1) is 0 Å². The fourth-order valence-electron chi connectivity index (χ4n) is 4.13. The molecule has 1 atom stereocenters. The fourth-order valence-corrected chi connectivity index (χ4v) is 4.13. The van der Waals surface area contributed by atoms with Crippen LogP contribution in [0.5, 0.6) is 5.75 Å². The van der Waals surface area contributed by atoms with E-state index in [1.165, 1.54) is 24.3 Å². The van der Waals surface area contributed by atoms with Gasteiger partial charge in [0, 0.05) is 16.5 Å². The minimum Gasteiger partial charge on any atom is -0.457 e. The Balaban J connectivity index is 1.79. The maximum Gasteiger partial charge on any atom is 0.132 e. The van der Waals surface area contributed by atoms with Crippen LogP contribution in [0.2, 0.25) is 0 Å². The van der Waals surface area contributed by atoms with Crippen LogP contribution in [0.4, 0.5) is 8.78 Å². The van der Waals surface area contributed by atoms with Crippen LogP contribution >= 0.6 is 0 Å². The van der Waals surface area contributed by atoms with Gasteiger partial charge in [0.15, 0.2) is 0 Å². The highest BCUT2D eigenvalue weighted by molar-refractivity contribution is 5.91. The van der Waals surface area contributed by atoms with Gasteiger partial charge in [-0.2, -0.15) is 0 Å². The summed E-state index contributed by atoms with van der Waals surface area (Å²) < 4.78 is 33.3. The number of allylic oxidation sites excluding steroid dienone is 1. The van der Waals surface area contributed by atoms with Crippen molar-refractivity contribution in [1.29, 1.82) is 0 Å². The highest BCUT2D eigenvalue weighted by Crippen LogP contribution is 2.48. The Labute approximate surface area is 167 Å². The third kappa shape index (κ3) is 2.90. The minimum atomic E-state index is -0.550. The van der Waals surface area contributed by atoms with E-state index in [4.69, 9.17) is 4.74 Å². The summed E-state index contributed by atoms with van der Waals surface area (Å²) in [6.07, 6.45) is 2.04. The fraction of sp³-hybridized carbons (Fsp3) is 0.0769. The van der Waals surface area contributed by atoms with Gasteiger partial charge in [-0.05, 0) is 71.8 Å². The van der Waals surface area contributed by atoms with Crippen LogP contribution in [-0.4, -0.2) is 0 Å². The molecular weight excluding hydrogens is 366 g/mol. The molecule has 1 aliphatic rings. The van der Waals surface area contributed by atoms with Crippen molar-refractivity contribution < 1.29 is 13.5 Å². The lowest BCUT2D eigenvalue weighted by molar-refractivity contribution is 0.472. The summed E-state index contributed by atoms with van der Waals surface area (Å²) >= 11 is 0.